The average molecular weight is 262 g/mol. The Balaban J connectivity index is 2.60. The first-order valence-corrected chi connectivity index (χ1v) is 6.53. The molecule has 8 heteroatoms. The topological polar surface area (TPSA) is 63.6 Å². The lowest BCUT2D eigenvalue weighted by molar-refractivity contribution is -0.218. The third-order valence-corrected chi connectivity index (χ3v) is 3.15. The zero-order chi connectivity index (χ0) is 12.6. The summed E-state index contributed by atoms with van der Waals surface area (Å²) < 4.78 is 62.8. The van der Waals surface area contributed by atoms with Gasteiger partial charge < -0.3 is 5.11 Å². The number of aliphatic hydroxyl groups is 1. The van der Waals surface area contributed by atoms with Crippen molar-refractivity contribution in [3.05, 3.63) is 0 Å². The van der Waals surface area contributed by atoms with Crippen LogP contribution in [0.25, 0.3) is 0 Å². The monoisotopic (exact) mass is 262 g/mol. The van der Waals surface area contributed by atoms with E-state index in [0.29, 0.717) is 0 Å². The van der Waals surface area contributed by atoms with E-state index in [-0.39, 0.29) is 25.7 Å². The molecule has 0 saturated heterocycles. The second-order valence-electron chi connectivity index (χ2n) is 4.05. The van der Waals surface area contributed by atoms with Crippen LogP contribution in [0.5, 0.6) is 0 Å². The third-order valence-electron chi connectivity index (χ3n) is 2.54. The van der Waals surface area contributed by atoms with Crippen LogP contribution in [0.2, 0.25) is 0 Å². The highest BCUT2D eigenvalue weighted by Gasteiger charge is 2.46. The zero-order valence-electron chi connectivity index (χ0n) is 8.62. The molecular weight excluding hydrogens is 249 g/mol. The Morgan fingerprint density at radius 1 is 1.31 bits per heavy atom. The van der Waals surface area contributed by atoms with Gasteiger partial charge in [-0.05, 0) is 12.8 Å². The van der Waals surface area contributed by atoms with E-state index in [4.69, 9.17) is 0 Å². The molecule has 4 nitrogen and oxygen atoms in total. The van der Waals surface area contributed by atoms with Gasteiger partial charge in [0.15, 0.2) is 5.79 Å². The molecule has 0 aromatic heterocycles. The van der Waals surface area contributed by atoms with E-state index < -0.39 is 28.0 Å². The van der Waals surface area contributed by atoms with Crippen molar-refractivity contribution in [1.82, 2.24) is 0 Å². The maximum Gasteiger partial charge on any atom is 0.391 e. The van der Waals surface area contributed by atoms with E-state index in [9.17, 15) is 26.7 Å². The molecule has 0 aliphatic heterocycles. The van der Waals surface area contributed by atoms with Gasteiger partial charge in [0.05, 0.1) is 12.2 Å². The van der Waals surface area contributed by atoms with E-state index in [1.165, 1.54) is 0 Å². The van der Waals surface area contributed by atoms with Crippen molar-refractivity contribution in [3.63, 3.8) is 0 Å². The van der Waals surface area contributed by atoms with E-state index in [2.05, 4.69) is 4.18 Å². The fourth-order valence-electron chi connectivity index (χ4n) is 1.76. The standard InChI is InChI=1S/C8H13F3O4S/c1-16(13,14)15-7(12)4-2-6(3-5-7)8(9,10)11/h6,12H,2-5H2,1H3. The lowest BCUT2D eigenvalue weighted by atomic mass is 9.85. The summed E-state index contributed by atoms with van der Waals surface area (Å²) in [6, 6.07) is 0. The van der Waals surface area contributed by atoms with Crippen molar-refractivity contribution >= 4 is 10.1 Å². The van der Waals surface area contributed by atoms with Crippen molar-refractivity contribution in [2.24, 2.45) is 5.92 Å². The van der Waals surface area contributed by atoms with Gasteiger partial charge in [0.25, 0.3) is 10.1 Å². The summed E-state index contributed by atoms with van der Waals surface area (Å²) in [7, 11) is -3.87. The van der Waals surface area contributed by atoms with E-state index in [1.807, 2.05) is 0 Å². The second-order valence-corrected chi connectivity index (χ2v) is 5.62. The minimum atomic E-state index is -4.30. The molecule has 1 N–H and O–H groups in total. The minimum Gasteiger partial charge on any atom is -0.364 e. The Kier molecular flexibility index (Phi) is 3.56. The smallest absolute Gasteiger partial charge is 0.364 e. The SMILES string of the molecule is CS(=O)(=O)OC1(O)CCC(C(F)(F)F)CC1. The van der Waals surface area contributed by atoms with Gasteiger partial charge in [-0.25, -0.2) is 4.18 Å². The highest BCUT2D eigenvalue weighted by Crippen LogP contribution is 2.41. The normalized spacial score (nSPS) is 32.7. The number of hydrogen-bond donors (Lipinski definition) is 1. The molecule has 0 bridgehead atoms. The number of alkyl halides is 3. The average Bonchev–Trinajstić information content (AvgIpc) is 1.98. The summed E-state index contributed by atoms with van der Waals surface area (Å²) in [4.78, 5) is 0. The van der Waals surface area contributed by atoms with Crippen LogP contribution in [0.4, 0.5) is 13.2 Å². The van der Waals surface area contributed by atoms with Crippen LogP contribution in [0.3, 0.4) is 0 Å². The molecule has 1 aliphatic carbocycles. The molecule has 0 unspecified atom stereocenters. The van der Waals surface area contributed by atoms with Gasteiger partial charge in [-0.2, -0.15) is 21.6 Å². The summed E-state index contributed by atoms with van der Waals surface area (Å²) in [6.45, 7) is 0. The molecule has 1 rings (SSSR count). The number of halogens is 3. The maximum atomic E-state index is 12.3. The van der Waals surface area contributed by atoms with Crippen molar-refractivity contribution in [1.29, 1.82) is 0 Å². The Bertz CT molecular complexity index is 341. The highest BCUT2D eigenvalue weighted by atomic mass is 32.2. The van der Waals surface area contributed by atoms with Crippen LogP contribution >= 0.6 is 0 Å². The molecular formula is C8H13F3O4S. The maximum absolute atomic E-state index is 12.3. The van der Waals surface area contributed by atoms with Gasteiger partial charge in [0.1, 0.15) is 0 Å². The molecule has 96 valence electrons. The summed E-state index contributed by atoms with van der Waals surface area (Å²) in [5, 5.41) is 9.62. The van der Waals surface area contributed by atoms with Crippen LogP contribution in [-0.4, -0.2) is 31.7 Å². The van der Waals surface area contributed by atoms with Gasteiger partial charge in [0.2, 0.25) is 0 Å². The quantitative estimate of drug-likeness (QED) is 0.603. The first-order valence-electron chi connectivity index (χ1n) is 4.72. The lowest BCUT2D eigenvalue weighted by Crippen LogP contribution is -2.41. The van der Waals surface area contributed by atoms with E-state index in [1.54, 1.807) is 0 Å². The molecule has 0 spiro atoms. The molecule has 16 heavy (non-hydrogen) atoms. The van der Waals surface area contributed by atoms with Crippen LogP contribution in [0.1, 0.15) is 25.7 Å². The Morgan fingerprint density at radius 2 is 1.75 bits per heavy atom. The molecule has 0 aromatic rings. The fraction of sp³-hybridized carbons (Fsp3) is 1.00. The molecule has 1 aliphatic rings. The van der Waals surface area contributed by atoms with E-state index in [0.717, 1.165) is 6.26 Å². The minimum absolute atomic E-state index is 0.324. The number of rotatable bonds is 2. The molecule has 1 fully saturated rings. The van der Waals surface area contributed by atoms with Gasteiger partial charge >= 0.3 is 6.18 Å². The van der Waals surface area contributed by atoms with Gasteiger partial charge in [-0.1, -0.05) is 0 Å². The molecule has 0 heterocycles. The fourth-order valence-corrected chi connectivity index (χ4v) is 2.49. The van der Waals surface area contributed by atoms with E-state index >= 15 is 0 Å². The second kappa shape index (κ2) is 4.15. The van der Waals surface area contributed by atoms with Crippen LogP contribution in [-0.2, 0) is 14.3 Å². The Morgan fingerprint density at radius 3 is 2.06 bits per heavy atom. The van der Waals surface area contributed by atoms with Gasteiger partial charge in [-0.3, -0.25) is 0 Å². The van der Waals surface area contributed by atoms with Crippen LogP contribution in [0, 0.1) is 5.92 Å². The van der Waals surface area contributed by atoms with Crippen LogP contribution in [0.15, 0.2) is 0 Å². The first kappa shape index (κ1) is 13.7. The number of hydrogen-bond acceptors (Lipinski definition) is 4. The summed E-state index contributed by atoms with van der Waals surface area (Å²) in [6.07, 6.45) is -4.85. The Labute approximate surface area is 91.5 Å². The summed E-state index contributed by atoms with van der Waals surface area (Å²) in [5.41, 5.74) is 0. The largest absolute Gasteiger partial charge is 0.391 e. The van der Waals surface area contributed by atoms with Crippen molar-refractivity contribution in [2.75, 3.05) is 6.26 Å². The molecule has 1 saturated carbocycles. The Hall–Kier alpha value is -0.340. The first-order chi connectivity index (χ1) is 7.02. The molecule has 0 aromatic carbocycles. The van der Waals surface area contributed by atoms with Crippen molar-refractivity contribution in [2.45, 2.75) is 37.6 Å². The van der Waals surface area contributed by atoms with Gasteiger partial charge in [0, 0.05) is 12.8 Å². The molecule has 0 atom stereocenters. The third kappa shape index (κ3) is 3.91. The van der Waals surface area contributed by atoms with Crippen molar-refractivity contribution in [3.8, 4) is 0 Å². The predicted molar refractivity (Wildman–Crippen MR) is 48.9 cm³/mol. The summed E-state index contributed by atoms with van der Waals surface area (Å²) in [5.74, 6) is -3.47. The van der Waals surface area contributed by atoms with Crippen molar-refractivity contribution < 1.29 is 30.9 Å². The predicted octanol–water partition coefficient (Wildman–Crippen LogP) is 1.40. The molecule has 0 radical (unpaired) electrons. The molecule has 0 amide bonds. The highest BCUT2D eigenvalue weighted by molar-refractivity contribution is 7.86. The summed E-state index contributed by atoms with van der Waals surface area (Å²) >= 11 is 0. The zero-order valence-corrected chi connectivity index (χ0v) is 9.44. The van der Waals surface area contributed by atoms with Crippen LogP contribution < -0.4 is 0 Å². The lowest BCUT2D eigenvalue weighted by Gasteiger charge is -2.35. The van der Waals surface area contributed by atoms with Gasteiger partial charge in [-0.15, -0.1) is 0 Å².